The first kappa shape index (κ1) is 20.3. The van der Waals surface area contributed by atoms with Crippen molar-refractivity contribution in [3.63, 3.8) is 0 Å². The van der Waals surface area contributed by atoms with Crippen LogP contribution >= 0.6 is 11.6 Å². The molecule has 6 nitrogen and oxygen atoms in total. The van der Waals surface area contributed by atoms with Crippen LogP contribution < -0.4 is 10.6 Å². The van der Waals surface area contributed by atoms with Gasteiger partial charge in [0.15, 0.2) is 0 Å². The molecular weight excluding hydrogens is 376 g/mol. The third-order valence-electron chi connectivity index (χ3n) is 4.86. The van der Waals surface area contributed by atoms with Crippen LogP contribution in [0.3, 0.4) is 0 Å². The van der Waals surface area contributed by atoms with Gasteiger partial charge in [-0.05, 0) is 56.8 Å². The second-order valence-electron chi connectivity index (χ2n) is 7.51. The molecule has 1 aliphatic rings. The number of amides is 2. The number of carbonyl (C=O) groups is 2. The fourth-order valence-electron chi connectivity index (χ4n) is 3.32. The van der Waals surface area contributed by atoms with Crippen LogP contribution in [-0.2, 0) is 10.2 Å². The highest BCUT2D eigenvalue weighted by molar-refractivity contribution is 6.30. The molecule has 0 spiro atoms. The molecule has 0 radical (unpaired) electrons. The zero-order valence-electron chi connectivity index (χ0n) is 16.2. The van der Waals surface area contributed by atoms with Crippen molar-refractivity contribution in [1.29, 1.82) is 0 Å². The summed E-state index contributed by atoms with van der Waals surface area (Å²) in [7, 11) is 4.17. The number of pyridine rings is 1. The van der Waals surface area contributed by atoms with Crippen LogP contribution in [0.15, 0.2) is 42.6 Å². The number of nitrogens with one attached hydrogen (secondary N) is 2. The molecule has 3 rings (SSSR count). The second-order valence-corrected chi connectivity index (χ2v) is 7.95. The van der Waals surface area contributed by atoms with E-state index in [1.54, 1.807) is 12.1 Å². The smallest absolute Gasteiger partial charge is 0.251 e. The Hall–Kier alpha value is -2.44. The Morgan fingerprint density at radius 1 is 1.14 bits per heavy atom. The molecule has 28 heavy (non-hydrogen) atoms. The quantitative estimate of drug-likeness (QED) is 0.714. The number of rotatable bonds is 8. The molecule has 1 heterocycles. The molecule has 0 unspecified atom stereocenters. The Morgan fingerprint density at radius 2 is 1.86 bits per heavy atom. The van der Waals surface area contributed by atoms with E-state index in [0.29, 0.717) is 16.4 Å². The molecule has 2 aromatic rings. The van der Waals surface area contributed by atoms with Gasteiger partial charge in [0, 0.05) is 36.7 Å². The third kappa shape index (κ3) is 5.30. The van der Waals surface area contributed by atoms with Crippen molar-refractivity contribution in [1.82, 2.24) is 15.2 Å². The van der Waals surface area contributed by atoms with E-state index in [2.05, 4.69) is 34.6 Å². The van der Waals surface area contributed by atoms with Gasteiger partial charge < -0.3 is 15.5 Å². The summed E-state index contributed by atoms with van der Waals surface area (Å²) in [5, 5.41) is 5.95. The van der Waals surface area contributed by atoms with Crippen molar-refractivity contribution in [2.24, 2.45) is 0 Å². The number of benzene rings is 1. The predicted molar refractivity (Wildman–Crippen MR) is 111 cm³/mol. The van der Waals surface area contributed by atoms with E-state index in [1.165, 1.54) is 24.6 Å². The molecule has 1 aromatic heterocycles. The summed E-state index contributed by atoms with van der Waals surface area (Å²) in [5.74, 6) is 0.0364. The maximum absolute atomic E-state index is 12.3. The van der Waals surface area contributed by atoms with Gasteiger partial charge in [0.05, 0.1) is 5.02 Å². The van der Waals surface area contributed by atoms with Crippen LogP contribution in [0.5, 0.6) is 0 Å². The summed E-state index contributed by atoms with van der Waals surface area (Å²) in [6, 6.07) is 11.1. The maximum Gasteiger partial charge on any atom is 0.251 e. The van der Waals surface area contributed by atoms with Crippen molar-refractivity contribution in [2.45, 2.75) is 24.7 Å². The molecule has 0 aliphatic heterocycles. The molecule has 1 fully saturated rings. The maximum atomic E-state index is 12.3. The summed E-state index contributed by atoms with van der Waals surface area (Å²) in [6.07, 6.45) is 4.01. The highest BCUT2D eigenvalue weighted by Gasteiger charge is 2.44. The summed E-state index contributed by atoms with van der Waals surface area (Å²) in [4.78, 5) is 30.4. The molecule has 148 valence electrons. The lowest BCUT2D eigenvalue weighted by Crippen LogP contribution is -2.28. The number of anilines is 1. The lowest BCUT2D eigenvalue weighted by molar-refractivity contribution is -0.116. The van der Waals surface area contributed by atoms with Gasteiger partial charge in [0.25, 0.3) is 5.91 Å². The Balaban J connectivity index is 1.46. The molecule has 2 N–H and O–H groups in total. The summed E-state index contributed by atoms with van der Waals surface area (Å²) >= 11 is 5.76. The summed E-state index contributed by atoms with van der Waals surface area (Å²) in [6.45, 7) is 1.28. The van der Waals surface area contributed by atoms with Crippen molar-refractivity contribution in [2.75, 3.05) is 32.5 Å². The third-order valence-corrected chi connectivity index (χ3v) is 5.09. The minimum atomic E-state index is -0.218. The predicted octanol–water partition coefficient (Wildman–Crippen LogP) is 3.09. The second kappa shape index (κ2) is 8.71. The molecule has 1 aromatic carbocycles. The Morgan fingerprint density at radius 3 is 2.43 bits per heavy atom. The molecule has 2 amide bonds. The number of nitrogens with zero attached hydrogens (tertiary/aromatic N) is 2. The van der Waals surface area contributed by atoms with Gasteiger partial charge in [0.2, 0.25) is 5.91 Å². The molecule has 0 bridgehead atoms. The minimum Gasteiger partial charge on any atom is -0.352 e. The normalized spacial score (nSPS) is 14.6. The monoisotopic (exact) mass is 400 g/mol. The standard InChI is InChI=1S/C21H25ClN4O2/c1-26(2)14-21(10-11-21)16-5-3-15(4-6-16)20(28)23-12-9-19(27)25-18-8-7-17(22)13-24-18/h3-8,13H,9-12,14H2,1-2H3,(H,23,28)(H,24,25,27). The van der Waals surface area contributed by atoms with Crippen molar-refractivity contribution in [3.05, 3.63) is 58.7 Å². The van der Waals surface area contributed by atoms with E-state index in [4.69, 9.17) is 11.6 Å². The number of hydrogen-bond acceptors (Lipinski definition) is 4. The Bertz CT molecular complexity index is 830. The van der Waals surface area contributed by atoms with Gasteiger partial charge in [-0.25, -0.2) is 4.98 Å². The number of likely N-dealkylation sites (N-methyl/N-ethyl adjacent to an activating group) is 1. The number of carbonyl (C=O) groups excluding carboxylic acids is 2. The molecule has 1 saturated carbocycles. The zero-order valence-corrected chi connectivity index (χ0v) is 16.9. The lowest BCUT2D eigenvalue weighted by Gasteiger charge is -2.20. The van der Waals surface area contributed by atoms with Gasteiger partial charge in [0.1, 0.15) is 5.82 Å². The Kier molecular flexibility index (Phi) is 6.31. The van der Waals surface area contributed by atoms with E-state index >= 15 is 0 Å². The van der Waals surface area contributed by atoms with E-state index in [-0.39, 0.29) is 30.2 Å². The summed E-state index contributed by atoms with van der Waals surface area (Å²) in [5.41, 5.74) is 2.13. The lowest BCUT2D eigenvalue weighted by atomic mass is 9.94. The fourth-order valence-corrected chi connectivity index (χ4v) is 3.43. The molecule has 0 atom stereocenters. The van der Waals surface area contributed by atoms with Crippen LogP contribution in [0.2, 0.25) is 5.02 Å². The van der Waals surface area contributed by atoms with Gasteiger partial charge in [-0.1, -0.05) is 23.7 Å². The van der Waals surface area contributed by atoms with Crippen molar-refractivity contribution >= 4 is 29.2 Å². The Labute approximate surface area is 170 Å². The number of halogens is 1. The highest BCUT2D eigenvalue weighted by Crippen LogP contribution is 2.48. The first-order chi connectivity index (χ1) is 13.4. The largest absolute Gasteiger partial charge is 0.352 e. The molecule has 1 aliphatic carbocycles. The zero-order chi connectivity index (χ0) is 20.1. The summed E-state index contributed by atoms with van der Waals surface area (Å²) < 4.78 is 0. The van der Waals surface area contributed by atoms with Gasteiger partial charge in [-0.3, -0.25) is 9.59 Å². The highest BCUT2D eigenvalue weighted by atomic mass is 35.5. The fraction of sp³-hybridized carbons (Fsp3) is 0.381. The van der Waals surface area contributed by atoms with E-state index in [9.17, 15) is 9.59 Å². The topological polar surface area (TPSA) is 74.3 Å². The number of hydrogen-bond donors (Lipinski definition) is 2. The van der Waals surface area contributed by atoms with Crippen LogP contribution in [0.1, 0.15) is 35.2 Å². The average molecular weight is 401 g/mol. The first-order valence-corrected chi connectivity index (χ1v) is 9.71. The molecular formula is C21H25ClN4O2. The van der Waals surface area contributed by atoms with E-state index in [1.807, 2.05) is 24.3 Å². The first-order valence-electron chi connectivity index (χ1n) is 9.33. The van der Waals surface area contributed by atoms with Gasteiger partial charge >= 0.3 is 0 Å². The van der Waals surface area contributed by atoms with Gasteiger partial charge in [-0.15, -0.1) is 0 Å². The van der Waals surface area contributed by atoms with Gasteiger partial charge in [-0.2, -0.15) is 0 Å². The molecule has 0 saturated heterocycles. The molecule has 7 heteroatoms. The van der Waals surface area contributed by atoms with Crippen LogP contribution in [-0.4, -0.2) is 48.9 Å². The van der Waals surface area contributed by atoms with Crippen molar-refractivity contribution in [3.8, 4) is 0 Å². The minimum absolute atomic E-state index is 0.167. The SMILES string of the molecule is CN(C)CC1(c2ccc(C(=O)NCCC(=O)Nc3ccc(Cl)cn3)cc2)CC1. The van der Waals surface area contributed by atoms with E-state index < -0.39 is 0 Å². The number of aromatic nitrogens is 1. The van der Waals surface area contributed by atoms with Crippen LogP contribution in [0.4, 0.5) is 5.82 Å². The van der Waals surface area contributed by atoms with Crippen LogP contribution in [0, 0.1) is 0 Å². The van der Waals surface area contributed by atoms with Crippen LogP contribution in [0.25, 0.3) is 0 Å². The van der Waals surface area contributed by atoms with Crippen molar-refractivity contribution < 1.29 is 9.59 Å². The average Bonchev–Trinajstić information content (AvgIpc) is 3.43. The van der Waals surface area contributed by atoms with E-state index in [0.717, 1.165) is 6.54 Å².